The average molecular weight is 394 g/mol. The Morgan fingerprint density at radius 1 is 1.23 bits per heavy atom. The van der Waals surface area contributed by atoms with Gasteiger partial charge in [0.15, 0.2) is 9.84 Å². The Bertz CT molecular complexity index is 896. The number of amides is 1. The van der Waals surface area contributed by atoms with Crippen molar-refractivity contribution in [3.05, 3.63) is 64.7 Å². The number of carbonyl (C=O) groups excluding carboxylic acids is 1. The molecule has 7 heteroatoms. The molecule has 0 saturated carbocycles. The molecule has 1 amide bonds. The van der Waals surface area contributed by atoms with Crippen molar-refractivity contribution in [1.82, 2.24) is 4.90 Å². The summed E-state index contributed by atoms with van der Waals surface area (Å²) in [7, 11) is -1.55. The highest BCUT2D eigenvalue weighted by Gasteiger charge is 2.35. The van der Waals surface area contributed by atoms with Crippen LogP contribution in [0, 0.1) is 0 Å². The van der Waals surface area contributed by atoms with E-state index in [0.29, 0.717) is 29.3 Å². The molecule has 3 rings (SSSR count). The summed E-state index contributed by atoms with van der Waals surface area (Å²) in [6, 6.07) is 13.7. The minimum absolute atomic E-state index is 0.00450. The van der Waals surface area contributed by atoms with Crippen molar-refractivity contribution >= 4 is 27.3 Å². The molecular formula is C19H20ClNO4S. The number of methoxy groups -OCH3 is 1. The third-order valence-corrected chi connectivity index (χ3v) is 6.47. The molecule has 1 fully saturated rings. The van der Waals surface area contributed by atoms with E-state index in [1.54, 1.807) is 48.4 Å². The number of nitrogens with zero attached hydrogens (tertiary/aromatic N) is 1. The lowest BCUT2D eigenvalue weighted by molar-refractivity contribution is 0.0681. The first-order valence-corrected chi connectivity index (χ1v) is 10.5. The monoisotopic (exact) mass is 393 g/mol. The highest BCUT2D eigenvalue weighted by atomic mass is 35.5. The van der Waals surface area contributed by atoms with E-state index < -0.39 is 9.84 Å². The van der Waals surface area contributed by atoms with Gasteiger partial charge in [0.05, 0.1) is 18.6 Å². The number of rotatable bonds is 5. The summed E-state index contributed by atoms with van der Waals surface area (Å²) in [5.74, 6) is 0.566. The Hall–Kier alpha value is -2.05. The van der Waals surface area contributed by atoms with E-state index in [2.05, 4.69) is 0 Å². The Morgan fingerprint density at radius 2 is 1.96 bits per heavy atom. The molecule has 138 valence electrons. The van der Waals surface area contributed by atoms with E-state index in [1.165, 1.54) is 0 Å². The third kappa shape index (κ3) is 4.37. The number of carbonyl (C=O) groups is 1. The molecule has 1 aliphatic rings. The molecule has 2 aromatic carbocycles. The zero-order chi connectivity index (χ0) is 18.7. The second-order valence-corrected chi connectivity index (χ2v) is 9.01. The Labute approximate surface area is 158 Å². The Morgan fingerprint density at radius 3 is 2.54 bits per heavy atom. The predicted molar refractivity (Wildman–Crippen MR) is 101 cm³/mol. The standard InChI is InChI=1S/C19H20ClNO4S/c1-25-18-7-5-15(6-8-18)19(22)21(17-9-10-26(23,24)13-17)12-14-3-2-4-16(20)11-14/h2-8,11,17H,9-10,12-13H2,1H3/t17-/m1/s1. The maximum atomic E-state index is 13.1. The molecule has 0 aromatic heterocycles. The van der Waals surface area contributed by atoms with Crippen molar-refractivity contribution in [3.63, 3.8) is 0 Å². The van der Waals surface area contributed by atoms with Crippen LogP contribution in [0.2, 0.25) is 5.02 Å². The average Bonchev–Trinajstić information content (AvgIpc) is 2.99. The first-order chi connectivity index (χ1) is 12.4. The van der Waals surface area contributed by atoms with Crippen LogP contribution in [0.3, 0.4) is 0 Å². The van der Waals surface area contributed by atoms with Crippen LogP contribution in [-0.2, 0) is 16.4 Å². The van der Waals surface area contributed by atoms with Gasteiger partial charge in [-0.3, -0.25) is 4.79 Å². The normalized spacial score (nSPS) is 18.5. The smallest absolute Gasteiger partial charge is 0.254 e. The Kier molecular flexibility index (Phi) is 5.53. The van der Waals surface area contributed by atoms with E-state index >= 15 is 0 Å². The van der Waals surface area contributed by atoms with Gasteiger partial charge < -0.3 is 9.64 Å². The molecule has 0 spiro atoms. The molecule has 2 aromatic rings. The summed E-state index contributed by atoms with van der Waals surface area (Å²) >= 11 is 6.05. The maximum absolute atomic E-state index is 13.1. The molecule has 0 radical (unpaired) electrons. The van der Waals surface area contributed by atoms with Crippen molar-refractivity contribution in [1.29, 1.82) is 0 Å². The summed E-state index contributed by atoms with van der Waals surface area (Å²) in [5.41, 5.74) is 1.36. The van der Waals surface area contributed by atoms with Crippen molar-refractivity contribution in [3.8, 4) is 5.75 Å². The molecule has 1 aliphatic heterocycles. The highest BCUT2D eigenvalue weighted by molar-refractivity contribution is 7.91. The second kappa shape index (κ2) is 7.68. The zero-order valence-electron chi connectivity index (χ0n) is 14.4. The lowest BCUT2D eigenvalue weighted by Gasteiger charge is -2.28. The van der Waals surface area contributed by atoms with Gasteiger partial charge in [-0.1, -0.05) is 23.7 Å². The minimum Gasteiger partial charge on any atom is -0.497 e. The third-order valence-electron chi connectivity index (χ3n) is 4.49. The summed E-state index contributed by atoms with van der Waals surface area (Å²) in [6.45, 7) is 0.311. The SMILES string of the molecule is COc1ccc(C(=O)N(Cc2cccc(Cl)c2)[C@@H]2CCS(=O)(=O)C2)cc1. The van der Waals surface area contributed by atoms with Crippen LogP contribution in [0.1, 0.15) is 22.3 Å². The molecule has 1 saturated heterocycles. The largest absolute Gasteiger partial charge is 0.497 e. The molecule has 0 aliphatic carbocycles. The van der Waals surface area contributed by atoms with Crippen LogP contribution in [0.25, 0.3) is 0 Å². The zero-order valence-corrected chi connectivity index (χ0v) is 16.0. The Balaban J connectivity index is 1.89. The summed E-state index contributed by atoms with van der Waals surface area (Å²) in [4.78, 5) is 14.7. The molecule has 1 atom stereocenters. The van der Waals surface area contributed by atoms with Gasteiger partial charge in [-0.25, -0.2) is 8.42 Å². The maximum Gasteiger partial charge on any atom is 0.254 e. The van der Waals surface area contributed by atoms with Crippen LogP contribution >= 0.6 is 11.6 Å². The van der Waals surface area contributed by atoms with E-state index in [1.807, 2.05) is 12.1 Å². The predicted octanol–water partition coefficient (Wildman–Crippen LogP) is 3.18. The van der Waals surface area contributed by atoms with Gasteiger partial charge in [0.25, 0.3) is 5.91 Å². The van der Waals surface area contributed by atoms with Crippen molar-refractivity contribution in [2.24, 2.45) is 0 Å². The van der Waals surface area contributed by atoms with Gasteiger partial charge in [-0.05, 0) is 48.4 Å². The number of halogens is 1. The van der Waals surface area contributed by atoms with Crippen molar-refractivity contribution in [2.75, 3.05) is 18.6 Å². The van der Waals surface area contributed by atoms with Crippen LogP contribution in [0.5, 0.6) is 5.75 Å². The van der Waals surface area contributed by atoms with Gasteiger partial charge in [-0.15, -0.1) is 0 Å². The minimum atomic E-state index is -3.11. The summed E-state index contributed by atoms with van der Waals surface area (Å²) in [6.07, 6.45) is 0.449. The van der Waals surface area contributed by atoms with Crippen LogP contribution in [-0.4, -0.2) is 43.9 Å². The van der Waals surface area contributed by atoms with Gasteiger partial charge >= 0.3 is 0 Å². The second-order valence-electron chi connectivity index (χ2n) is 6.35. The van der Waals surface area contributed by atoms with E-state index in [4.69, 9.17) is 16.3 Å². The van der Waals surface area contributed by atoms with Crippen molar-refractivity contribution in [2.45, 2.75) is 19.0 Å². The highest BCUT2D eigenvalue weighted by Crippen LogP contribution is 2.24. The van der Waals surface area contributed by atoms with Crippen LogP contribution < -0.4 is 4.74 Å². The summed E-state index contributed by atoms with van der Waals surface area (Å²) < 4.78 is 29.0. The first-order valence-electron chi connectivity index (χ1n) is 8.28. The molecule has 0 unspecified atom stereocenters. The van der Waals surface area contributed by atoms with E-state index in [9.17, 15) is 13.2 Å². The summed E-state index contributed by atoms with van der Waals surface area (Å²) in [5, 5.41) is 0.582. The van der Waals surface area contributed by atoms with Gasteiger partial charge in [0.2, 0.25) is 0 Å². The van der Waals surface area contributed by atoms with Crippen LogP contribution in [0.4, 0.5) is 0 Å². The first kappa shape index (κ1) is 18.7. The lowest BCUT2D eigenvalue weighted by atomic mass is 10.1. The fourth-order valence-corrected chi connectivity index (χ4v) is 5.06. The van der Waals surface area contributed by atoms with E-state index in [-0.39, 0.29) is 23.5 Å². The van der Waals surface area contributed by atoms with Gasteiger partial charge in [0.1, 0.15) is 5.75 Å². The molecular weight excluding hydrogens is 374 g/mol. The van der Waals surface area contributed by atoms with Gasteiger partial charge in [0, 0.05) is 23.2 Å². The molecule has 5 nitrogen and oxygen atoms in total. The van der Waals surface area contributed by atoms with E-state index in [0.717, 1.165) is 5.56 Å². The number of ether oxygens (including phenoxy) is 1. The number of hydrogen-bond acceptors (Lipinski definition) is 4. The molecule has 26 heavy (non-hydrogen) atoms. The topological polar surface area (TPSA) is 63.7 Å². The fraction of sp³-hybridized carbons (Fsp3) is 0.316. The number of benzene rings is 2. The number of hydrogen-bond donors (Lipinski definition) is 0. The fourth-order valence-electron chi connectivity index (χ4n) is 3.12. The lowest BCUT2D eigenvalue weighted by Crippen LogP contribution is -2.40. The number of sulfone groups is 1. The quantitative estimate of drug-likeness (QED) is 0.782. The molecule has 0 N–H and O–H groups in total. The van der Waals surface area contributed by atoms with Crippen LogP contribution in [0.15, 0.2) is 48.5 Å². The van der Waals surface area contributed by atoms with Crippen molar-refractivity contribution < 1.29 is 17.9 Å². The van der Waals surface area contributed by atoms with Gasteiger partial charge in [-0.2, -0.15) is 0 Å². The molecule has 1 heterocycles. The molecule has 0 bridgehead atoms.